The average Bonchev–Trinajstić information content (AvgIpc) is 3.05. The normalized spacial score (nSPS) is 24.0. The van der Waals surface area contributed by atoms with Crippen LogP contribution in [-0.2, 0) is 10.3 Å². The van der Waals surface area contributed by atoms with Crippen LogP contribution in [0.3, 0.4) is 0 Å². The molecule has 0 amide bonds. The number of hydrogen-bond donors (Lipinski definition) is 2. The van der Waals surface area contributed by atoms with Crippen molar-refractivity contribution >= 4 is 0 Å². The molecule has 0 radical (unpaired) electrons. The summed E-state index contributed by atoms with van der Waals surface area (Å²) >= 11 is 0. The smallest absolute Gasteiger partial charge is 0.243 e. The Balaban J connectivity index is 2.18. The molecule has 1 aromatic heterocycles. The summed E-state index contributed by atoms with van der Waals surface area (Å²) in [5, 5.41) is 16.8. The predicted molar refractivity (Wildman–Crippen MR) is 69.6 cm³/mol. The summed E-state index contributed by atoms with van der Waals surface area (Å²) in [5.41, 5.74) is -0.465. The number of aliphatic hydroxyl groups excluding tert-OH is 1. The molecule has 1 saturated heterocycles. The summed E-state index contributed by atoms with van der Waals surface area (Å²) in [6.45, 7) is 7.28. The second-order valence-corrected chi connectivity index (χ2v) is 4.94. The number of hydrogen-bond acceptors (Lipinski definition) is 6. The van der Waals surface area contributed by atoms with Crippen molar-refractivity contribution in [3.8, 4) is 0 Å². The van der Waals surface area contributed by atoms with E-state index in [9.17, 15) is 5.11 Å². The monoisotopic (exact) mass is 269 g/mol. The van der Waals surface area contributed by atoms with Gasteiger partial charge in [-0.2, -0.15) is 4.98 Å². The van der Waals surface area contributed by atoms with Gasteiger partial charge < -0.3 is 19.7 Å². The Hall–Kier alpha value is -0.980. The van der Waals surface area contributed by atoms with Gasteiger partial charge in [-0.15, -0.1) is 0 Å². The molecule has 6 nitrogen and oxygen atoms in total. The van der Waals surface area contributed by atoms with Crippen molar-refractivity contribution in [3.05, 3.63) is 11.7 Å². The van der Waals surface area contributed by atoms with E-state index < -0.39 is 5.60 Å². The molecule has 6 heteroatoms. The van der Waals surface area contributed by atoms with E-state index >= 15 is 0 Å². The molecule has 19 heavy (non-hydrogen) atoms. The molecule has 0 saturated carbocycles. The molecule has 1 fully saturated rings. The van der Waals surface area contributed by atoms with Crippen LogP contribution in [0.2, 0.25) is 0 Å². The molecule has 0 bridgehead atoms. The summed E-state index contributed by atoms with van der Waals surface area (Å²) in [5.74, 6) is 1.15. The van der Waals surface area contributed by atoms with Crippen molar-refractivity contribution in [2.45, 2.75) is 57.8 Å². The van der Waals surface area contributed by atoms with Crippen LogP contribution in [0.15, 0.2) is 4.52 Å². The lowest BCUT2D eigenvalue weighted by Crippen LogP contribution is -2.30. The zero-order valence-corrected chi connectivity index (χ0v) is 11.8. The topological polar surface area (TPSA) is 80.4 Å². The number of rotatable bonds is 6. The van der Waals surface area contributed by atoms with Gasteiger partial charge in [0.1, 0.15) is 5.60 Å². The third kappa shape index (κ3) is 2.80. The van der Waals surface area contributed by atoms with Gasteiger partial charge in [0.2, 0.25) is 11.7 Å². The van der Waals surface area contributed by atoms with Crippen molar-refractivity contribution in [3.63, 3.8) is 0 Å². The predicted octanol–water partition coefficient (Wildman–Crippen LogP) is 1.52. The van der Waals surface area contributed by atoms with Crippen molar-refractivity contribution in [2.24, 2.45) is 0 Å². The van der Waals surface area contributed by atoms with Crippen LogP contribution in [0.25, 0.3) is 0 Å². The number of aliphatic hydroxyl groups is 1. The maximum absolute atomic E-state index is 9.53. The molecule has 2 atom stereocenters. The van der Waals surface area contributed by atoms with E-state index in [-0.39, 0.29) is 12.1 Å². The standard InChI is InChI=1S/C13H23N3O3/c1-4-13(5-2,18-6-3)12-15-11(19-16-12)10-7-9(17)8-14-10/h9-10,14,17H,4-8H2,1-3H3/t9-,10+/m1/s1. The number of nitrogens with one attached hydrogen (secondary N) is 1. The van der Waals surface area contributed by atoms with E-state index in [0.717, 1.165) is 12.8 Å². The highest BCUT2D eigenvalue weighted by Gasteiger charge is 2.36. The highest BCUT2D eigenvalue weighted by molar-refractivity contribution is 5.04. The van der Waals surface area contributed by atoms with E-state index in [1.807, 2.05) is 6.92 Å². The number of ether oxygens (including phenoxy) is 1. The number of β-amino-alcohol motifs (C(OH)–C–C–N with tert-alkyl or cyclic N) is 1. The number of aromatic nitrogens is 2. The lowest BCUT2D eigenvalue weighted by molar-refractivity contribution is -0.0583. The minimum atomic E-state index is -0.465. The van der Waals surface area contributed by atoms with E-state index in [1.165, 1.54) is 0 Å². The van der Waals surface area contributed by atoms with Gasteiger partial charge >= 0.3 is 0 Å². The largest absolute Gasteiger partial charge is 0.392 e. The molecule has 2 N–H and O–H groups in total. The Morgan fingerprint density at radius 3 is 2.68 bits per heavy atom. The lowest BCUT2D eigenvalue weighted by Gasteiger charge is -2.27. The summed E-state index contributed by atoms with van der Waals surface area (Å²) in [6.07, 6.45) is 1.88. The van der Waals surface area contributed by atoms with E-state index in [0.29, 0.717) is 31.3 Å². The Morgan fingerprint density at radius 1 is 1.42 bits per heavy atom. The molecule has 1 aliphatic heterocycles. The quantitative estimate of drug-likeness (QED) is 0.815. The van der Waals surface area contributed by atoms with Gasteiger partial charge in [-0.3, -0.25) is 0 Å². The lowest BCUT2D eigenvalue weighted by atomic mass is 9.96. The SMILES string of the molecule is CCOC(CC)(CC)c1noc([C@@H]2C[C@@H](O)CN2)n1. The van der Waals surface area contributed by atoms with Gasteiger partial charge in [-0.05, 0) is 26.2 Å². The molecule has 2 heterocycles. The third-order valence-corrected chi connectivity index (χ3v) is 3.82. The summed E-state index contributed by atoms with van der Waals surface area (Å²) in [6, 6.07) is -0.0516. The fourth-order valence-corrected chi connectivity index (χ4v) is 2.58. The summed E-state index contributed by atoms with van der Waals surface area (Å²) in [4.78, 5) is 4.48. The van der Waals surface area contributed by atoms with Gasteiger partial charge in [0.25, 0.3) is 0 Å². The molecule has 2 rings (SSSR count). The first-order valence-electron chi connectivity index (χ1n) is 7.04. The second-order valence-electron chi connectivity index (χ2n) is 4.94. The Morgan fingerprint density at radius 2 is 2.16 bits per heavy atom. The molecule has 0 aromatic carbocycles. The maximum Gasteiger partial charge on any atom is 0.243 e. The van der Waals surface area contributed by atoms with E-state index in [4.69, 9.17) is 9.26 Å². The van der Waals surface area contributed by atoms with Crippen LogP contribution in [0.5, 0.6) is 0 Å². The summed E-state index contributed by atoms with van der Waals surface area (Å²) in [7, 11) is 0. The molecular formula is C13H23N3O3. The fraction of sp³-hybridized carbons (Fsp3) is 0.846. The Kier molecular flexibility index (Phi) is 4.54. The first-order chi connectivity index (χ1) is 9.15. The molecule has 0 aliphatic carbocycles. The Labute approximate surface area is 113 Å². The van der Waals surface area contributed by atoms with E-state index in [2.05, 4.69) is 29.3 Å². The highest BCUT2D eigenvalue weighted by Crippen LogP contribution is 2.32. The van der Waals surface area contributed by atoms with Gasteiger partial charge in [0, 0.05) is 13.2 Å². The van der Waals surface area contributed by atoms with Crippen molar-refractivity contribution in [1.29, 1.82) is 0 Å². The molecule has 1 aromatic rings. The first-order valence-corrected chi connectivity index (χ1v) is 7.04. The molecule has 0 unspecified atom stereocenters. The summed E-state index contributed by atoms with van der Waals surface area (Å²) < 4.78 is 11.2. The highest BCUT2D eigenvalue weighted by atomic mass is 16.5. The first kappa shape index (κ1) is 14.4. The third-order valence-electron chi connectivity index (χ3n) is 3.82. The van der Waals surface area contributed by atoms with Gasteiger partial charge in [-0.1, -0.05) is 19.0 Å². The minimum absolute atomic E-state index is 0.0516. The molecule has 1 aliphatic rings. The molecular weight excluding hydrogens is 246 g/mol. The number of nitrogens with zero attached hydrogens (tertiary/aromatic N) is 2. The zero-order chi connectivity index (χ0) is 13.9. The minimum Gasteiger partial charge on any atom is -0.392 e. The zero-order valence-electron chi connectivity index (χ0n) is 11.8. The van der Waals surface area contributed by atoms with Crippen LogP contribution in [0.4, 0.5) is 0 Å². The van der Waals surface area contributed by atoms with Gasteiger partial charge in [0.15, 0.2) is 0 Å². The fourth-order valence-electron chi connectivity index (χ4n) is 2.58. The van der Waals surface area contributed by atoms with E-state index in [1.54, 1.807) is 0 Å². The van der Waals surface area contributed by atoms with Crippen LogP contribution in [0.1, 0.15) is 57.8 Å². The molecule has 0 spiro atoms. The average molecular weight is 269 g/mol. The molecule has 108 valence electrons. The van der Waals surface area contributed by atoms with Crippen LogP contribution < -0.4 is 5.32 Å². The van der Waals surface area contributed by atoms with Crippen molar-refractivity contribution in [2.75, 3.05) is 13.2 Å². The van der Waals surface area contributed by atoms with Crippen LogP contribution in [-0.4, -0.2) is 34.5 Å². The van der Waals surface area contributed by atoms with Crippen molar-refractivity contribution < 1.29 is 14.4 Å². The maximum atomic E-state index is 9.53. The van der Waals surface area contributed by atoms with Crippen LogP contribution >= 0.6 is 0 Å². The van der Waals surface area contributed by atoms with Crippen LogP contribution in [0, 0.1) is 0 Å². The van der Waals surface area contributed by atoms with Crippen molar-refractivity contribution in [1.82, 2.24) is 15.5 Å². The van der Waals surface area contributed by atoms with Gasteiger partial charge in [-0.25, -0.2) is 0 Å². The van der Waals surface area contributed by atoms with Gasteiger partial charge in [0.05, 0.1) is 12.1 Å². The Bertz CT molecular complexity index is 404. The second kappa shape index (κ2) is 5.98.